The fraction of sp³-hybridized carbons (Fsp3) is 0.286. The minimum absolute atomic E-state index is 0.0491. The molecule has 3 rings (SSSR count). The van der Waals surface area contributed by atoms with Gasteiger partial charge in [0.05, 0.1) is 16.6 Å². The molecule has 1 saturated heterocycles. The molecular formula is C21H20Cl2N2O4. The Morgan fingerprint density at radius 3 is 2.62 bits per heavy atom. The highest BCUT2D eigenvalue weighted by atomic mass is 35.5. The molecule has 0 spiro atoms. The van der Waals surface area contributed by atoms with Gasteiger partial charge in [-0.15, -0.1) is 0 Å². The minimum atomic E-state index is -0.619. The molecule has 29 heavy (non-hydrogen) atoms. The zero-order chi connectivity index (χ0) is 21.1. The SMILES string of the molecule is Cc1ccc(N2C[C@@H](C(=O)OCC(=O)Nc3cc(Cl)ccc3Cl)CC2=O)cc1C. The van der Waals surface area contributed by atoms with Crippen molar-refractivity contribution in [2.75, 3.05) is 23.4 Å². The number of nitrogens with zero attached hydrogens (tertiary/aromatic N) is 1. The molecule has 2 amide bonds. The second-order valence-corrected chi connectivity index (χ2v) is 7.80. The lowest BCUT2D eigenvalue weighted by Gasteiger charge is -2.17. The first-order valence-corrected chi connectivity index (χ1v) is 9.79. The molecule has 1 heterocycles. The Labute approximate surface area is 178 Å². The lowest BCUT2D eigenvalue weighted by molar-refractivity contribution is -0.151. The Balaban J connectivity index is 1.56. The summed E-state index contributed by atoms with van der Waals surface area (Å²) in [5, 5.41) is 3.28. The maximum absolute atomic E-state index is 12.3. The number of esters is 1. The zero-order valence-electron chi connectivity index (χ0n) is 16.0. The fourth-order valence-electron chi connectivity index (χ4n) is 3.04. The van der Waals surface area contributed by atoms with Crippen LogP contribution in [0.5, 0.6) is 0 Å². The molecule has 0 aliphatic carbocycles. The van der Waals surface area contributed by atoms with Crippen LogP contribution in [-0.4, -0.2) is 30.9 Å². The third-order valence-electron chi connectivity index (χ3n) is 4.81. The summed E-state index contributed by atoms with van der Waals surface area (Å²) in [7, 11) is 0. The van der Waals surface area contributed by atoms with Crippen LogP contribution in [0.2, 0.25) is 10.0 Å². The average molecular weight is 435 g/mol. The number of anilines is 2. The van der Waals surface area contributed by atoms with Crippen LogP contribution < -0.4 is 10.2 Å². The lowest BCUT2D eigenvalue weighted by Crippen LogP contribution is -2.28. The van der Waals surface area contributed by atoms with Crippen LogP contribution in [0.3, 0.4) is 0 Å². The summed E-state index contributed by atoms with van der Waals surface area (Å²) in [6.45, 7) is 3.71. The Morgan fingerprint density at radius 1 is 1.14 bits per heavy atom. The average Bonchev–Trinajstić information content (AvgIpc) is 3.07. The number of carbonyl (C=O) groups is 3. The minimum Gasteiger partial charge on any atom is -0.455 e. The van der Waals surface area contributed by atoms with Gasteiger partial charge < -0.3 is 15.0 Å². The molecule has 0 unspecified atom stereocenters. The van der Waals surface area contributed by atoms with Gasteiger partial charge in [0.2, 0.25) is 5.91 Å². The molecule has 0 saturated carbocycles. The summed E-state index contributed by atoms with van der Waals surface area (Å²) in [5.41, 5.74) is 3.28. The smallest absolute Gasteiger partial charge is 0.311 e. The van der Waals surface area contributed by atoms with Gasteiger partial charge in [-0.05, 0) is 55.3 Å². The second kappa shape index (κ2) is 8.84. The lowest BCUT2D eigenvalue weighted by atomic mass is 10.1. The van der Waals surface area contributed by atoms with Gasteiger partial charge in [0.1, 0.15) is 0 Å². The van der Waals surface area contributed by atoms with E-state index in [1.54, 1.807) is 17.0 Å². The van der Waals surface area contributed by atoms with E-state index in [9.17, 15) is 14.4 Å². The number of amides is 2. The fourth-order valence-corrected chi connectivity index (χ4v) is 3.38. The number of rotatable bonds is 5. The van der Waals surface area contributed by atoms with Gasteiger partial charge in [-0.3, -0.25) is 14.4 Å². The largest absolute Gasteiger partial charge is 0.455 e. The summed E-state index contributed by atoms with van der Waals surface area (Å²) < 4.78 is 5.10. The number of nitrogens with one attached hydrogen (secondary N) is 1. The second-order valence-electron chi connectivity index (χ2n) is 6.95. The van der Waals surface area contributed by atoms with Gasteiger partial charge in [-0.2, -0.15) is 0 Å². The van der Waals surface area contributed by atoms with Crippen molar-refractivity contribution in [3.05, 3.63) is 57.6 Å². The van der Waals surface area contributed by atoms with Crippen molar-refractivity contribution in [2.24, 2.45) is 5.92 Å². The number of benzene rings is 2. The highest BCUT2D eigenvalue weighted by molar-refractivity contribution is 6.35. The van der Waals surface area contributed by atoms with Crippen molar-refractivity contribution < 1.29 is 19.1 Å². The van der Waals surface area contributed by atoms with Crippen molar-refractivity contribution in [3.8, 4) is 0 Å². The molecule has 1 aliphatic heterocycles. The summed E-state index contributed by atoms with van der Waals surface area (Å²) in [6, 6.07) is 10.4. The van der Waals surface area contributed by atoms with E-state index in [0.717, 1.165) is 16.8 Å². The molecule has 0 bridgehead atoms. The van der Waals surface area contributed by atoms with Crippen LogP contribution in [-0.2, 0) is 19.1 Å². The van der Waals surface area contributed by atoms with Crippen molar-refractivity contribution in [1.29, 1.82) is 0 Å². The maximum Gasteiger partial charge on any atom is 0.311 e. The molecule has 6 nitrogen and oxygen atoms in total. The Hall–Kier alpha value is -2.57. The number of hydrogen-bond donors (Lipinski definition) is 1. The number of halogens is 2. The van der Waals surface area contributed by atoms with Gasteiger partial charge in [0, 0.05) is 23.7 Å². The van der Waals surface area contributed by atoms with Crippen molar-refractivity contribution in [2.45, 2.75) is 20.3 Å². The number of ether oxygens (including phenoxy) is 1. The molecule has 0 aromatic heterocycles. The van der Waals surface area contributed by atoms with E-state index in [-0.39, 0.29) is 18.9 Å². The Kier molecular flexibility index (Phi) is 6.45. The Morgan fingerprint density at radius 2 is 1.90 bits per heavy atom. The van der Waals surface area contributed by atoms with E-state index in [0.29, 0.717) is 15.7 Å². The first kappa shape index (κ1) is 21.1. The van der Waals surface area contributed by atoms with Gasteiger partial charge in [-0.1, -0.05) is 29.3 Å². The van der Waals surface area contributed by atoms with Crippen molar-refractivity contribution >= 4 is 52.4 Å². The van der Waals surface area contributed by atoms with Crippen LogP contribution >= 0.6 is 23.2 Å². The summed E-state index contributed by atoms with van der Waals surface area (Å²) >= 11 is 11.9. The predicted octanol–water partition coefficient (Wildman–Crippen LogP) is 4.15. The van der Waals surface area contributed by atoms with E-state index in [4.69, 9.17) is 27.9 Å². The third kappa shape index (κ3) is 5.08. The van der Waals surface area contributed by atoms with E-state index < -0.39 is 24.4 Å². The molecule has 1 atom stereocenters. The van der Waals surface area contributed by atoms with E-state index >= 15 is 0 Å². The molecule has 1 aliphatic rings. The van der Waals surface area contributed by atoms with E-state index in [1.807, 2.05) is 32.0 Å². The van der Waals surface area contributed by atoms with Gasteiger partial charge >= 0.3 is 5.97 Å². The van der Waals surface area contributed by atoms with Gasteiger partial charge in [-0.25, -0.2) is 0 Å². The first-order chi connectivity index (χ1) is 13.7. The Bertz CT molecular complexity index is 977. The molecule has 0 radical (unpaired) electrons. The maximum atomic E-state index is 12.3. The van der Waals surface area contributed by atoms with Crippen LogP contribution in [0.4, 0.5) is 11.4 Å². The van der Waals surface area contributed by atoms with Crippen molar-refractivity contribution in [1.82, 2.24) is 0 Å². The third-order valence-corrected chi connectivity index (χ3v) is 5.37. The van der Waals surface area contributed by atoms with Gasteiger partial charge in [0.15, 0.2) is 6.61 Å². The van der Waals surface area contributed by atoms with E-state index in [2.05, 4.69) is 5.32 Å². The monoisotopic (exact) mass is 434 g/mol. The highest BCUT2D eigenvalue weighted by Gasteiger charge is 2.36. The van der Waals surface area contributed by atoms with Crippen LogP contribution in [0.1, 0.15) is 17.5 Å². The highest BCUT2D eigenvalue weighted by Crippen LogP contribution is 2.28. The van der Waals surface area contributed by atoms with Crippen LogP contribution in [0, 0.1) is 19.8 Å². The number of hydrogen-bond acceptors (Lipinski definition) is 4. The topological polar surface area (TPSA) is 75.7 Å². The quantitative estimate of drug-likeness (QED) is 0.717. The van der Waals surface area contributed by atoms with Crippen LogP contribution in [0.15, 0.2) is 36.4 Å². The normalized spacial score (nSPS) is 16.1. The first-order valence-electron chi connectivity index (χ1n) is 9.03. The number of aryl methyl sites for hydroxylation is 2. The standard InChI is InChI=1S/C21H20Cl2N2O4/c1-12-3-5-16(7-13(12)2)25-10-14(8-20(25)27)21(28)29-11-19(26)24-18-9-15(22)4-6-17(18)23/h3-7,9,14H,8,10-11H2,1-2H3,(H,24,26)/t14-/m0/s1. The zero-order valence-corrected chi connectivity index (χ0v) is 17.5. The molecule has 1 fully saturated rings. The molecule has 2 aromatic rings. The van der Waals surface area contributed by atoms with Crippen molar-refractivity contribution in [3.63, 3.8) is 0 Å². The molecule has 1 N–H and O–H groups in total. The number of carbonyl (C=O) groups excluding carboxylic acids is 3. The molecule has 8 heteroatoms. The van der Waals surface area contributed by atoms with Crippen LogP contribution in [0.25, 0.3) is 0 Å². The summed E-state index contributed by atoms with van der Waals surface area (Å²) in [4.78, 5) is 38.3. The molecule has 152 valence electrons. The summed E-state index contributed by atoms with van der Waals surface area (Å²) in [6.07, 6.45) is 0.0491. The predicted molar refractivity (Wildman–Crippen MR) is 112 cm³/mol. The molecular weight excluding hydrogens is 415 g/mol. The molecule has 2 aromatic carbocycles. The van der Waals surface area contributed by atoms with E-state index in [1.165, 1.54) is 6.07 Å². The summed E-state index contributed by atoms with van der Waals surface area (Å²) in [5.74, 6) is -1.90. The van der Waals surface area contributed by atoms with Gasteiger partial charge in [0.25, 0.3) is 5.91 Å².